The molecule has 0 saturated carbocycles. The van der Waals surface area contributed by atoms with E-state index in [1.54, 1.807) is 19.5 Å². The number of hydrogen-bond acceptors (Lipinski definition) is 5. The first-order valence-corrected chi connectivity index (χ1v) is 4.52. The smallest absolute Gasteiger partial charge is 0.153 e. The van der Waals surface area contributed by atoms with E-state index in [1.807, 2.05) is 18.2 Å². The summed E-state index contributed by atoms with van der Waals surface area (Å²) in [6.07, 6.45) is 3.42. The lowest BCUT2D eigenvalue weighted by Gasteiger charge is -2.00. The molecule has 0 atom stereocenters. The van der Waals surface area contributed by atoms with Gasteiger partial charge in [-0.05, 0) is 17.7 Å². The van der Waals surface area contributed by atoms with E-state index in [0.29, 0.717) is 5.82 Å². The summed E-state index contributed by atoms with van der Waals surface area (Å²) in [4.78, 5) is 0. The lowest BCUT2D eigenvalue weighted by Crippen LogP contribution is -1.96. The fourth-order valence-corrected chi connectivity index (χ4v) is 1.35. The van der Waals surface area contributed by atoms with Crippen molar-refractivity contribution in [3.63, 3.8) is 0 Å². The molecule has 0 spiro atoms. The molecular formula is C10H11N5. The molecule has 1 aromatic heterocycles. The number of nitrogens with two attached hydrogens (primary N) is 1. The zero-order valence-corrected chi connectivity index (χ0v) is 8.31. The van der Waals surface area contributed by atoms with E-state index in [2.05, 4.69) is 20.7 Å². The molecule has 1 aromatic carbocycles. The minimum absolute atomic E-state index is 0.449. The van der Waals surface area contributed by atoms with Crippen LogP contribution in [0.15, 0.2) is 29.5 Å². The van der Waals surface area contributed by atoms with Gasteiger partial charge in [-0.1, -0.05) is 6.07 Å². The van der Waals surface area contributed by atoms with Crippen molar-refractivity contribution < 1.29 is 0 Å². The highest BCUT2D eigenvalue weighted by Crippen LogP contribution is 2.17. The first-order chi connectivity index (χ1) is 7.31. The van der Waals surface area contributed by atoms with Crippen molar-refractivity contribution in [3.05, 3.63) is 30.0 Å². The number of rotatable bonds is 2. The molecule has 2 rings (SSSR count). The van der Waals surface area contributed by atoms with Crippen molar-refractivity contribution in [1.82, 2.24) is 15.6 Å². The minimum atomic E-state index is 0.449. The van der Waals surface area contributed by atoms with Gasteiger partial charge >= 0.3 is 0 Å². The minimum Gasteiger partial charge on any atom is -0.382 e. The number of anilines is 1. The third kappa shape index (κ3) is 1.85. The molecule has 0 bridgehead atoms. The first kappa shape index (κ1) is 9.39. The SMILES string of the molecule is CNN=Cc1ccc2c(N)nncc2c1. The van der Waals surface area contributed by atoms with Crippen LogP contribution >= 0.6 is 0 Å². The van der Waals surface area contributed by atoms with Crippen LogP contribution in [0.1, 0.15) is 5.56 Å². The summed E-state index contributed by atoms with van der Waals surface area (Å²) in [5.41, 5.74) is 9.37. The second-order valence-electron chi connectivity index (χ2n) is 3.06. The van der Waals surface area contributed by atoms with Gasteiger partial charge in [-0.3, -0.25) is 0 Å². The molecule has 0 amide bonds. The number of nitrogen functional groups attached to an aromatic ring is 1. The zero-order valence-electron chi connectivity index (χ0n) is 8.31. The molecule has 0 aliphatic carbocycles. The molecule has 0 fully saturated rings. The molecule has 0 saturated heterocycles. The highest BCUT2D eigenvalue weighted by atomic mass is 15.3. The highest BCUT2D eigenvalue weighted by Gasteiger charge is 1.99. The first-order valence-electron chi connectivity index (χ1n) is 4.52. The number of nitrogens with zero attached hydrogens (tertiary/aromatic N) is 3. The van der Waals surface area contributed by atoms with E-state index in [0.717, 1.165) is 16.3 Å². The third-order valence-corrected chi connectivity index (χ3v) is 2.06. The van der Waals surface area contributed by atoms with E-state index in [-0.39, 0.29) is 0 Å². The second-order valence-corrected chi connectivity index (χ2v) is 3.06. The summed E-state index contributed by atoms with van der Waals surface area (Å²) in [5.74, 6) is 0.449. The number of benzene rings is 1. The van der Waals surface area contributed by atoms with Crippen molar-refractivity contribution in [3.8, 4) is 0 Å². The van der Waals surface area contributed by atoms with Crippen molar-refractivity contribution in [1.29, 1.82) is 0 Å². The fraction of sp³-hybridized carbons (Fsp3) is 0.100. The van der Waals surface area contributed by atoms with Gasteiger partial charge in [-0.15, -0.1) is 5.10 Å². The van der Waals surface area contributed by atoms with Gasteiger partial charge in [0.05, 0.1) is 12.4 Å². The van der Waals surface area contributed by atoms with Crippen LogP contribution in [0.3, 0.4) is 0 Å². The quantitative estimate of drug-likeness (QED) is 0.555. The van der Waals surface area contributed by atoms with Crippen LogP contribution in [-0.4, -0.2) is 23.5 Å². The number of nitrogens with one attached hydrogen (secondary N) is 1. The highest BCUT2D eigenvalue weighted by molar-refractivity contribution is 5.94. The molecular weight excluding hydrogens is 190 g/mol. The van der Waals surface area contributed by atoms with Gasteiger partial charge in [0, 0.05) is 17.8 Å². The summed E-state index contributed by atoms with van der Waals surface area (Å²) < 4.78 is 0. The predicted molar refractivity (Wildman–Crippen MR) is 60.6 cm³/mol. The Hall–Kier alpha value is -2.17. The maximum Gasteiger partial charge on any atom is 0.153 e. The Kier molecular flexibility index (Phi) is 2.45. The van der Waals surface area contributed by atoms with Crippen molar-refractivity contribution in [2.75, 3.05) is 12.8 Å². The Balaban J connectivity index is 2.52. The molecule has 2 aromatic rings. The van der Waals surface area contributed by atoms with Crippen LogP contribution in [0.25, 0.3) is 10.8 Å². The standard InChI is InChI=1S/C10H11N5/c1-12-13-5-7-2-3-9-8(4-7)6-14-15-10(9)11/h2-6,12H,1H3,(H2,11,15). The zero-order chi connectivity index (χ0) is 10.7. The number of hydrogen-bond donors (Lipinski definition) is 2. The molecule has 5 heteroatoms. The molecule has 1 heterocycles. The largest absolute Gasteiger partial charge is 0.382 e. The van der Waals surface area contributed by atoms with Gasteiger partial charge in [-0.2, -0.15) is 10.2 Å². The summed E-state index contributed by atoms with van der Waals surface area (Å²) in [5, 5.41) is 13.4. The van der Waals surface area contributed by atoms with Gasteiger partial charge in [0.1, 0.15) is 0 Å². The Labute approximate surface area is 87.0 Å². The van der Waals surface area contributed by atoms with Gasteiger partial charge in [0.15, 0.2) is 5.82 Å². The van der Waals surface area contributed by atoms with Crippen molar-refractivity contribution >= 4 is 22.8 Å². The summed E-state index contributed by atoms with van der Waals surface area (Å²) in [7, 11) is 1.75. The number of hydrazone groups is 1. The fourth-order valence-electron chi connectivity index (χ4n) is 1.35. The summed E-state index contributed by atoms with van der Waals surface area (Å²) >= 11 is 0. The average Bonchev–Trinajstić information content (AvgIpc) is 2.26. The van der Waals surface area contributed by atoms with Gasteiger partial charge < -0.3 is 11.2 Å². The third-order valence-electron chi connectivity index (χ3n) is 2.06. The lowest BCUT2D eigenvalue weighted by molar-refractivity contribution is 0.908. The molecule has 5 nitrogen and oxygen atoms in total. The summed E-state index contributed by atoms with van der Waals surface area (Å²) in [6, 6.07) is 5.80. The monoisotopic (exact) mass is 201 g/mol. The maximum absolute atomic E-state index is 5.69. The van der Waals surface area contributed by atoms with E-state index in [9.17, 15) is 0 Å². The van der Waals surface area contributed by atoms with Gasteiger partial charge in [-0.25, -0.2) is 0 Å². The average molecular weight is 201 g/mol. The predicted octanol–water partition coefficient (Wildman–Crippen LogP) is 0.765. The Morgan fingerprint density at radius 3 is 3.13 bits per heavy atom. The van der Waals surface area contributed by atoms with Crippen LogP contribution in [0.5, 0.6) is 0 Å². The Morgan fingerprint density at radius 1 is 1.47 bits per heavy atom. The lowest BCUT2D eigenvalue weighted by atomic mass is 10.1. The molecule has 0 aliphatic rings. The molecule has 0 unspecified atom stereocenters. The summed E-state index contributed by atoms with van der Waals surface area (Å²) in [6.45, 7) is 0. The number of fused-ring (bicyclic) bond motifs is 1. The number of aromatic nitrogens is 2. The van der Waals surface area contributed by atoms with Crippen LogP contribution in [0, 0.1) is 0 Å². The molecule has 76 valence electrons. The van der Waals surface area contributed by atoms with E-state index < -0.39 is 0 Å². The topological polar surface area (TPSA) is 76.2 Å². The molecule has 3 N–H and O–H groups in total. The van der Waals surface area contributed by atoms with Gasteiger partial charge in [0.2, 0.25) is 0 Å². The van der Waals surface area contributed by atoms with Crippen molar-refractivity contribution in [2.24, 2.45) is 5.10 Å². The second kappa shape index (κ2) is 3.91. The van der Waals surface area contributed by atoms with E-state index in [4.69, 9.17) is 5.73 Å². The van der Waals surface area contributed by atoms with Crippen LogP contribution in [-0.2, 0) is 0 Å². The molecule has 0 radical (unpaired) electrons. The van der Waals surface area contributed by atoms with Crippen LogP contribution in [0.2, 0.25) is 0 Å². The van der Waals surface area contributed by atoms with E-state index in [1.165, 1.54) is 0 Å². The molecule has 15 heavy (non-hydrogen) atoms. The maximum atomic E-state index is 5.69. The van der Waals surface area contributed by atoms with E-state index >= 15 is 0 Å². The van der Waals surface area contributed by atoms with Crippen molar-refractivity contribution in [2.45, 2.75) is 0 Å². The Bertz CT molecular complexity index is 506. The van der Waals surface area contributed by atoms with Crippen LogP contribution in [0.4, 0.5) is 5.82 Å². The Morgan fingerprint density at radius 2 is 2.33 bits per heavy atom. The van der Waals surface area contributed by atoms with Gasteiger partial charge in [0.25, 0.3) is 0 Å². The normalized spacial score (nSPS) is 11.0. The molecule has 0 aliphatic heterocycles. The van der Waals surface area contributed by atoms with Crippen LogP contribution < -0.4 is 11.2 Å².